The van der Waals surface area contributed by atoms with Crippen LogP contribution in [0.15, 0.2) is 29.2 Å². The van der Waals surface area contributed by atoms with Crippen molar-refractivity contribution in [3.63, 3.8) is 0 Å². The zero-order valence-electron chi connectivity index (χ0n) is 9.56. The lowest BCUT2D eigenvalue weighted by Crippen LogP contribution is -2.27. The number of aliphatic hydroxyl groups excluding tert-OH is 1. The number of nitrogens with one attached hydrogen (secondary N) is 1. The van der Waals surface area contributed by atoms with Crippen LogP contribution in [0.3, 0.4) is 0 Å². The van der Waals surface area contributed by atoms with Gasteiger partial charge < -0.3 is 5.11 Å². The van der Waals surface area contributed by atoms with Crippen molar-refractivity contribution in [2.24, 2.45) is 0 Å². The first-order valence-electron chi connectivity index (χ1n) is 5.39. The lowest BCUT2D eigenvalue weighted by Gasteiger charge is -2.09. The van der Waals surface area contributed by atoms with Crippen molar-refractivity contribution in [2.75, 3.05) is 6.54 Å². The molecule has 1 unspecified atom stereocenters. The van der Waals surface area contributed by atoms with Crippen LogP contribution in [0.1, 0.15) is 19.8 Å². The van der Waals surface area contributed by atoms with E-state index < -0.39 is 16.1 Å². The number of sulfonamides is 1. The van der Waals surface area contributed by atoms with Crippen LogP contribution < -0.4 is 4.72 Å². The molecule has 0 aromatic heterocycles. The van der Waals surface area contributed by atoms with E-state index in [0.717, 1.165) is 0 Å². The molecule has 6 heteroatoms. The van der Waals surface area contributed by atoms with Gasteiger partial charge in [-0.05, 0) is 31.0 Å². The van der Waals surface area contributed by atoms with Crippen molar-refractivity contribution in [2.45, 2.75) is 30.8 Å². The van der Waals surface area contributed by atoms with E-state index in [4.69, 9.17) is 11.6 Å². The van der Waals surface area contributed by atoms with Gasteiger partial charge in [-0.1, -0.05) is 24.6 Å². The molecule has 17 heavy (non-hydrogen) atoms. The smallest absolute Gasteiger partial charge is 0.240 e. The van der Waals surface area contributed by atoms with Gasteiger partial charge in [0.25, 0.3) is 0 Å². The highest BCUT2D eigenvalue weighted by Crippen LogP contribution is 2.15. The average molecular weight is 278 g/mol. The average Bonchev–Trinajstić information content (AvgIpc) is 2.28. The van der Waals surface area contributed by atoms with E-state index in [-0.39, 0.29) is 11.4 Å². The molecule has 0 fully saturated rings. The lowest BCUT2D eigenvalue weighted by molar-refractivity contribution is 0.162. The summed E-state index contributed by atoms with van der Waals surface area (Å²) in [5, 5.41) is 9.69. The highest BCUT2D eigenvalue weighted by atomic mass is 35.5. The van der Waals surface area contributed by atoms with Gasteiger partial charge in [0.2, 0.25) is 10.0 Å². The van der Waals surface area contributed by atoms with E-state index >= 15 is 0 Å². The standard InChI is InChI=1S/C11H16ClNO3S/c1-2-10(14)6-7-13-17(15,16)11-5-3-4-9(12)8-11/h3-5,8,10,13-14H,2,6-7H2,1H3. The highest BCUT2D eigenvalue weighted by molar-refractivity contribution is 7.89. The molecule has 96 valence electrons. The molecular weight excluding hydrogens is 262 g/mol. The second-order valence-corrected chi connectivity index (χ2v) is 5.91. The molecular formula is C11H16ClNO3S. The fourth-order valence-electron chi connectivity index (χ4n) is 1.28. The minimum absolute atomic E-state index is 0.135. The molecule has 0 aliphatic carbocycles. The molecule has 2 N–H and O–H groups in total. The van der Waals surface area contributed by atoms with Gasteiger partial charge in [0.15, 0.2) is 0 Å². The van der Waals surface area contributed by atoms with E-state index in [1.54, 1.807) is 12.1 Å². The van der Waals surface area contributed by atoms with Crippen molar-refractivity contribution in [3.05, 3.63) is 29.3 Å². The molecule has 0 aliphatic heterocycles. The van der Waals surface area contributed by atoms with Crippen molar-refractivity contribution in [3.8, 4) is 0 Å². The van der Waals surface area contributed by atoms with Crippen LogP contribution in [0.4, 0.5) is 0 Å². The molecule has 1 rings (SSSR count). The third-order valence-electron chi connectivity index (χ3n) is 2.35. The summed E-state index contributed by atoms with van der Waals surface area (Å²) in [6, 6.07) is 6.06. The number of aliphatic hydroxyl groups is 1. The van der Waals surface area contributed by atoms with Crippen molar-refractivity contribution < 1.29 is 13.5 Å². The molecule has 4 nitrogen and oxygen atoms in total. The van der Waals surface area contributed by atoms with Crippen LogP contribution in [0.5, 0.6) is 0 Å². The van der Waals surface area contributed by atoms with Gasteiger partial charge >= 0.3 is 0 Å². The van der Waals surface area contributed by atoms with Gasteiger partial charge in [-0.15, -0.1) is 0 Å². The van der Waals surface area contributed by atoms with Crippen molar-refractivity contribution in [1.82, 2.24) is 4.72 Å². The Labute approximate surface area is 107 Å². The first-order chi connectivity index (χ1) is 7.95. The second kappa shape index (κ2) is 6.35. The molecule has 1 aromatic rings. The van der Waals surface area contributed by atoms with Crippen molar-refractivity contribution in [1.29, 1.82) is 0 Å². The summed E-state index contributed by atoms with van der Waals surface area (Å²) in [6.07, 6.45) is 0.534. The molecule has 0 aliphatic rings. The first kappa shape index (κ1) is 14.4. The largest absolute Gasteiger partial charge is 0.393 e. The Morgan fingerprint density at radius 3 is 2.76 bits per heavy atom. The van der Waals surface area contributed by atoms with Crippen LogP contribution in [0.2, 0.25) is 5.02 Å². The molecule has 0 saturated carbocycles. The number of hydrogen-bond donors (Lipinski definition) is 2. The molecule has 0 spiro atoms. The molecule has 0 amide bonds. The Hall–Kier alpha value is -0.620. The lowest BCUT2D eigenvalue weighted by atomic mass is 10.2. The summed E-state index contributed by atoms with van der Waals surface area (Å²) < 4.78 is 26.0. The number of benzene rings is 1. The fraction of sp³-hybridized carbons (Fsp3) is 0.455. The van der Waals surface area contributed by atoms with Crippen LogP contribution in [-0.2, 0) is 10.0 Å². The Morgan fingerprint density at radius 1 is 1.47 bits per heavy atom. The Morgan fingerprint density at radius 2 is 2.18 bits per heavy atom. The molecule has 0 heterocycles. The van der Waals surface area contributed by atoms with Gasteiger partial charge in [-0.2, -0.15) is 0 Å². The molecule has 0 bridgehead atoms. The van der Waals surface area contributed by atoms with E-state index in [0.29, 0.717) is 17.9 Å². The monoisotopic (exact) mass is 277 g/mol. The minimum atomic E-state index is -3.53. The number of halogens is 1. The van der Waals surface area contributed by atoms with Crippen LogP contribution in [-0.4, -0.2) is 26.2 Å². The van der Waals surface area contributed by atoms with E-state index in [1.807, 2.05) is 6.92 Å². The SMILES string of the molecule is CCC(O)CCNS(=O)(=O)c1cccc(Cl)c1. The predicted molar refractivity (Wildman–Crippen MR) is 67.6 cm³/mol. The molecule has 1 aromatic carbocycles. The molecule has 0 radical (unpaired) electrons. The van der Waals surface area contributed by atoms with Gasteiger partial charge in [0, 0.05) is 11.6 Å². The first-order valence-corrected chi connectivity index (χ1v) is 7.25. The summed E-state index contributed by atoms with van der Waals surface area (Å²) >= 11 is 5.73. The van der Waals surface area contributed by atoms with Gasteiger partial charge in [0.05, 0.1) is 11.0 Å². The molecule has 0 saturated heterocycles. The summed E-state index contributed by atoms with van der Waals surface area (Å²) in [6.45, 7) is 2.06. The maximum atomic E-state index is 11.8. The summed E-state index contributed by atoms with van der Waals surface area (Å²) in [5.74, 6) is 0. The van der Waals surface area contributed by atoms with Crippen LogP contribution >= 0.6 is 11.6 Å². The van der Waals surface area contributed by atoms with Gasteiger partial charge in [0.1, 0.15) is 0 Å². The number of hydrogen-bond acceptors (Lipinski definition) is 3. The van der Waals surface area contributed by atoms with E-state index in [1.165, 1.54) is 12.1 Å². The Bertz CT molecular complexity index is 462. The fourth-order valence-corrected chi connectivity index (χ4v) is 2.63. The minimum Gasteiger partial charge on any atom is -0.393 e. The maximum absolute atomic E-state index is 11.8. The van der Waals surface area contributed by atoms with Gasteiger partial charge in [-0.25, -0.2) is 13.1 Å². The highest BCUT2D eigenvalue weighted by Gasteiger charge is 2.14. The quantitative estimate of drug-likeness (QED) is 0.833. The second-order valence-electron chi connectivity index (χ2n) is 3.71. The number of rotatable bonds is 6. The Balaban J connectivity index is 2.63. The summed E-state index contributed by atoms with van der Waals surface area (Å²) in [5.41, 5.74) is 0. The molecule has 1 atom stereocenters. The zero-order chi connectivity index (χ0) is 12.9. The predicted octanol–water partition coefficient (Wildman–Crippen LogP) is 1.78. The third-order valence-corrected chi connectivity index (χ3v) is 4.04. The van der Waals surface area contributed by atoms with E-state index in [9.17, 15) is 13.5 Å². The Kier molecular flexibility index (Phi) is 5.39. The summed E-state index contributed by atoms with van der Waals surface area (Å²) in [4.78, 5) is 0.135. The van der Waals surface area contributed by atoms with Gasteiger partial charge in [-0.3, -0.25) is 0 Å². The van der Waals surface area contributed by atoms with Crippen LogP contribution in [0, 0.1) is 0 Å². The van der Waals surface area contributed by atoms with Crippen LogP contribution in [0.25, 0.3) is 0 Å². The zero-order valence-corrected chi connectivity index (χ0v) is 11.1. The van der Waals surface area contributed by atoms with E-state index in [2.05, 4.69) is 4.72 Å². The summed E-state index contributed by atoms with van der Waals surface area (Å²) in [7, 11) is -3.53. The van der Waals surface area contributed by atoms with Crippen molar-refractivity contribution >= 4 is 21.6 Å². The topological polar surface area (TPSA) is 66.4 Å². The maximum Gasteiger partial charge on any atom is 0.240 e. The third kappa shape index (κ3) is 4.63. The normalized spacial score (nSPS) is 13.6.